The van der Waals surface area contributed by atoms with Crippen LogP contribution in [0.5, 0.6) is 0 Å². The molecule has 0 fully saturated rings. The van der Waals surface area contributed by atoms with Crippen molar-refractivity contribution < 1.29 is 28.2 Å². The second-order valence-electron chi connectivity index (χ2n) is 3.58. The number of carboxylic acid groups (broad SMARTS) is 1. The Bertz CT molecular complexity index is 528. The Balaban J connectivity index is 3.13. The molecule has 8 heteroatoms. The Labute approximate surface area is 115 Å². The van der Waals surface area contributed by atoms with E-state index in [2.05, 4.69) is 0 Å². The van der Waals surface area contributed by atoms with Crippen molar-refractivity contribution in [3.05, 3.63) is 39.9 Å². The molecule has 2 N–H and O–H groups in total. The highest BCUT2D eigenvalue weighted by atomic mass is 35.5. The average Bonchev–Trinajstić information content (AvgIpc) is 2.28. The normalized spacial score (nSPS) is 15.5. The minimum Gasteiger partial charge on any atom is -0.479 e. The lowest BCUT2D eigenvalue weighted by molar-refractivity contribution is -0.242. The van der Waals surface area contributed by atoms with Crippen LogP contribution < -0.4 is 0 Å². The van der Waals surface area contributed by atoms with E-state index >= 15 is 0 Å². The van der Waals surface area contributed by atoms with Crippen molar-refractivity contribution in [2.75, 3.05) is 0 Å². The monoisotopic (exact) mass is 314 g/mol. The zero-order valence-electron chi connectivity index (χ0n) is 9.08. The molecule has 0 spiro atoms. The quantitative estimate of drug-likeness (QED) is 0.899. The summed E-state index contributed by atoms with van der Waals surface area (Å²) in [7, 11) is 0. The van der Waals surface area contributed by atoms with Gasteiger partial charge in [-0.25, -0.2) is 4.79 Å². The van der Waals surface area contributed by atoms with Gasteiger partial charge in [-0.15, -0.1) is 0 Å². The Kier molecular flexibility index (Phi) is 4.50. The number of carbonyl (C=O) groups is 1. The Hall–Kier alpha value is -1.24. The number of carboxylic acids is 1. The lowest BCUT2D eigenvalue weighted by Gasteiger charge is -2.22. The fourth-order valence-electron chi connectivity index (χ4n) is 1.12. The number of halogens is 5. The van der Waals surface area contributed by atoms with Crippen LogP contribution in [0.2, 0.25) is 10.0 Å². The largest absolute Gasteiger partial charge is 0.479 e. The summed E-state index contributed by atoms with van der Waals surface area (Å²) in [6.45, 7) is 0. The van der Waals surface area contributed by atoms with Crippen molar-refractivity contribution in [2.45, 2.75) is 11.8 Å². The predicted octanol–water partition coefficient (Wildman–Crippen LogP) is 3.38. The van der Waals surface area contributed by atoms with E-state index in [1.54, 1.807) is 0 Å². The van der Waals surface area contributed by atoms with Crippen molar-refractivity contribution in [1.29, 1.82) is 0 Å². The molecule has 104 valence electrons. The van der Waals surface area contributed by atoms with Gasteiger partial charge in [0.05, 0.1) is 10.0 Å². The van der Waals surface area contributed by atoms with Gasteiger partial charge in [-0.05, 0) is 23.8 Å². The van der Waals surface area contributed by atoms with Crippen molar-refractivity contribution in [3.8, 4) is 0 Å². The van der Waals surface area contributed by atoms with E-state index in [1.165, 1.54) is 18.2 Å². The van der Waals surface area contributed by atoms with Gasteiger partial charge in [0.25, 0.3) is 5.60 Å². The second-order valence-corrected chi connectivity index (χ2v) is 4.39. The van der Waals surface area contributed by atoms with Crippen molar-refractivity contribution in [2.24, 2.45) is 0 Å². The van der Waals surface area contributed by atoms with Gasteiger partial charge in [-0.1, -0.05) is 35.3 Å². The van der Waals surface area contributed by atoms with Gasteiger partial charge in [0.2, 0.25) is 0 Å². The lowest BCUT2D eigenvalue weighted by atomic mass is 10.0. The summed E-state index contributed by atoms with van der Waals surface area (Å²) in [5.41, 5.74) is -3.79. The minimum absolute atomic E-state index is 0.0923. The van der Waals surface area contributed by atoms with Crippen molar-refractivity contribution in [3.63, 3.8) is 0 Å². The first-order chi connectivity index (χ1) is 8.58. The predicted molar refractivity (Wildman–Crippen MR) is 64.1 cm³/mol. The summed E-state index contributed by atoms with van der Waals surface area (Å²) < 4.78 is 37.4. The molecule has 0 radical (unpaired) electrons. The topological polar surface area (TPSA) is 57.5 Å². The highest BCUT2D eigenvalue weighted by Crippen LogP contribution is 2.33. The van der Waals surface area contributed by atoms with Crippen LogP contribution in [0.4, 0.5) is 13.2 Å². The van der Waals surface area contributed by atoms with Gasteiger partial charge >= 0.3 is 12.1 Å². The number of hydrogen-bond donors (Lipinski definition) is 2. The van der Waals surface area contributed by atoms with Gasteiger partial charge in [0.1, 0.15) is 0 Å². The van der Waals surface area contributed by atoms with Crippen LogP contribution in [-0.2, 0) is 4.79 Å². The number of benzene rings is 1. The highest BCUT2D eigenvalue weighted by Gasteiger charge is 2.58. The lowest BCUT2D eigenvalue weighted by Crippen LogP contribution is -2.50. The van der Waals surface area contributed by atoms with Gasteiger partial charge < -0.3 is 10.2 Å². The van der Waals surface area contributed by atoms with Crippen LogP contribution in [-0.4, -0.2) is 28.0 Å². The van der Waals surface area contributed by atoms with E-state index in [-0.39, 0.29) is 21.7 Å². The maximum atomic E-state index is 12.5. The number of aliphatic carboxylic acids is 1. The Morgan fingerprint density at radius 3 is 2.21 bits per heavy atom. The zero-order chi connectivity index (χ0) is 14.8. The fraction of sp³-hybridized carbons (Fsp3) is 0.182. The summed E-state index contributed by atoms with van der Waals surface area (Å²) in [5, 5.41) is 17.9. The van der Waals surface area contributed by atoms with Crippen LogP contribution >= 0.6 is 23.2 Å². The third-order valence-electron chi connectivity index (χ3n) is 2.22. The fourth-order valence-corrected chi connectivity index (χ4v) is 1.43. The van der Waals surface area contributed by atoms with E-state index < -0.39 is 17.7 Å². The van der Waals surface area contributed by atoms with Crippen molar-refractivity contribution in [1.82, 2.24) is 0 Å². The molecule has 0 aliphatic heterocycles. The Morgan fingerprint density at radius 2 is 1.79 bits per heavy atom. The summed E-state index contributed by atoms with van der Waals surface area (Å²) in [4.78, 5) is 10.5. The molecule has 3 nitrogen and oxygen atoms in total. The summed E-state index contributed by atoms with van der Waals surface area (Å²) in [6.07, 6.45) is -4.41. The van der Waals surface area contributed by atoms with E-state index in [4.69, 9.17) is 33.4 Å². The van der Waals surface area contributed by atoms with E-state index in [0.29, 0.717) is 0 Å². The van der Waals surface area contributed by atoms with Crippen LogP contribution in [0.1, 0.15) is 5.56 Å². The number of aliphatic hydroxyl groups is 1. The van der Waals surface area contributed by atoms with Crippen LogP contribution in [0, 0.1) is 0 Å². The molecule has 0 aliphatic rings. The molecular weight excluding hydrogens is 308 g/mol. The number of hydrogen-bond acceptors (Lipinski definition) is 2. The molecule has 1 unspecified atom stereocenters. The molecule has 1 rings (SSSR count). The molecule has 0 aromatic heterocycles. The van der Waals surface area contributed by atoms with Gasteiger partial charge in [0.15, 0.2) is 0 Å². The maximum absolute atomic E-state index is 12.5. The molecule has 0 amide bonds. The summed E-state index contributed by atoms with van der Waals surface area (Å²) >= 11 is 11.3. The highest BCUT2D eigenvalue weighted by molar-refractivity contribution is 6.42. The molecule has 1 atom stereocenters. The standard InChI is InChI=1S/C11H7Cl2F3O3/c12-7-2-1-6(5-8(7)13)3-4-10(19,9(17)18)11(14,15)16/h1-5,19H,(H,17,18)/b4-3+. The van der Waals surface area contributed by atoms with Gasteiger partial charge in [0, 0.05) is 0 Å². The van der Waals surface area contributed by atoms with E-state index in [1.807, 2.05) is 0 Å². The number of rotatable bonds is 3. The third-order valence-corrected chi connectivity index (χ3v) is 2.96. The van der Waals surface area contributed by atoms with Crippen molar-refractivity contribution >= 4 is 35.2 Å². The molecule has 1 aromatic carbocycles. The molecular formula is C11H7Cl2F3O3. The molecule has 0 saturated carbocycles. The zero-order valence-corrected chi connectivity index (χ0v) is 10.6. The SMILES string of the molecule is O=C(O)C(O)(/C=C/c1ccc(Cl)c(Cl)c1)C(F)(F)F. The second kappa shape index (κ2) is 5.40. The summed E-state index contributed by atoms with van der Waals surface area (Å²) in [5.74, 6) is -2.42. The third kappa shape index (κ3) is 3.40. The minimum atomic E-state index is -5.34. The summed E-state index contributed by atoms with van der Waals surface area (Å²) in [6, 6.07) is 3.89. The molecule has 0 heterocycles. The van der Waals surface area contributed by atoms with Crippen LogP contribution in [0.25, 0.3) is 6.08 Å². The van der Waals surface area contributed by atoms with Gasteiger partial charge in [-0.2, -0.15) is 13.2 Å². The maximum Gasteiger partial charge on any atom is 0.431 e. The van der Waals surface area contributed by atoms with Crippen LogP contribution in [0.15, 0.2) is 24.3 Å². The molecule has 0 saturated heterocycles. The Morgan fingerprint density at radius 1 is 1.21 bits per heavy atom. The van der Waals surface area contributed by atoms with Crippen LogP contribution in [0.3, 0.4) is 0 Å². The van der Waals surface area contributed by atoms with Gasteiger partial charge in [-0.3, -0.25) is 0 Å². The van der Waals surface area contributed by atoms with E-state index in [9.17, 15) is 18.0 Å². The average molecular weight is 315 g/mol. The molecule has 19 heavy (non-hydrogen) atoms. The first-order valence-electron chi connectivity index (χ1n) is 4.74. The first kappa shape index (κ1) is 15.8. The first-order valence-corrected chi connectivity index (χ1v) is 5.50. The molecule has 0 aliphatic carbocycles. The molecule has 0 bridgehead atoms. The smallest absolute Gasteiger partial charge is 0.431 e. The molecule has 1 aromatic rings. The number of alkyl halides is 3. The van der Waals surface area contributed by atoms with E-state index in [0.717, 1.165) is 6.08 Å².